The summed E-state index contributed by atoms with van der Waals surface area (Å²) in [4.78, 5) is 11.9. The summed E-state index contributed by atoms with van der Waals surface area (Å²) in [5.74, 6) is -0.482. The molecule has 0 aliphatic heterocycles. The third-order valence-corrected chi connectivity index (χ3v) is 2.25. The van der Waals surface area contributed by atoms with E-state index >= 15 is 0 Å². The van der Waals surface area contributed by atoms with Gasteiger partial charge in [-0.15, -0.1) is 0 Å². The molecule has 0 aliphatic rings. The smallest absolute Gasteiger partial charge is 0.315 e. The molecule has 0 amide bonds. The zero-order valence-electron chi connectivity index (χ0n) is 10.7. The predicted molar refractivity (Wildman–Crippen MR) is 62.2 cm³/mol. The maximum absolute atomic E-state index is 11.9. The molecule has 0 aromatic carbocycles. The summed E-state index contributed by atoms with van der Waals surface area (Å²) < 4.78 is 7.16. The van der Waals surface area contributed by atoms with Crippen molar-refractivity contribution < 1.29 is 9.53 Å². The van der Waals surface area contributed by atoms with Crippen molar-refractivity contribution in [1.29, 1.82) is 0 Å². The van der Waals surface area contributed by atoms with Crippen LogP contribution in [0.5, 0.6) is 0 Å². The van der Waals surface area contributed by atoms with Crippen LogP contribution in [0.15, 0.2) is 12.3 Å². The number of rotatable bonds is 3. The molecule has 0 saturated heterocycles. The van der Waals surface area contributed by atoms with Crippen LogP contribution >= 0.6 is 0 Å². The molecule has 0 spiro atoms. The summed E-state index contributed by atoms with van der Waals surface area (Å²) in [5, 5.41) is 4.14. The van der Waals surface area contributed by atoms with E-state index < -0.39 is 5.60 Å². The number of hydrogen-bond donors (Lipinski definition) is 0. The molecule has 1 atom stereocenters. The predicted octanol–water partition coefficient (Wildman–Crippen LogP) is 2.35. The second-order valence-corrected chi connectivity index (χ2v) is 4.83. The minimum absolute atomic E-state index is 0.206. The first-order valence-corrected chi connectivity index (χ1v) is 5.59. The topological polar surface area (TPSA) is 44.1 Å². The van der Waals surface area contributed by atoms with Crippen LogP contribution in [-0.2, 0) is 16.1 Å². The lowest BCUT2D eigenvalue weighted by molar-refractivity contribution is -0.156. The van der Waals surface area contributed by atoms with E-state index in [1.807, 2.05) is 45.4 Å². The Balaban J connectivity index is 2.78. The van der Waals surface area contributed by atoms with Gasteiger partial charge in [0.05, 0.1) is 11.6 Å². The third-order valence-electron chi connectivity index (χ3n) is 2.25. The summed E-state index contributed by atoms with van der Waals surface area (Å²) in [6, 6.07) is 1.86. The monoisotopic (exact) mass is 224 g/mol. The minimum atomic E-state index is -0.442. The lowest BCUT2D eigenvalue weighted by atomic mass is 10.1. The molecule has 0 radical (unpaired) electrons. The van der Waals surface area contributed by atoms with Crippen LogP contribution in [0.25, 0.3) is 0 Å². The van der Waals surface area contributed by atoms with E-state index in [1.54, 1.807) is 6.20 Å². The van der Waals surface area contributed by atoms with Crippen molar-refractivity contribution >= 4 is 5.97 Å². The first kappa shape index (κ1) is 12.7. The molecule has 0 saturated carbocycles. The van der Waals surface area contributed by atoms with Gasteiger partial charge in [0.1, 0.15) is 5.60 Å². The molecule has 1 aromatic rings. The van der Waals surface area contributed by atoms with Crippen molar-refractivity contribution in [2.75, 3.05) is 0 Å². The molecule has 1 heterocycles. The van der Waals surface area contributed by atoms with Crippen LogP contribution in [-0.4, -0.2) is 21.4 Å². The number of hydrogen-bond acceptors (Lipinski definition) is 3. The molecule has 4 nitrogen and oxygen atoms in total. The van der Waals surface area contributed by atoms with Gasteiger partial charge in [0.25, 0.3) is 0 Å². The molecular formula is C12H20N2O2. The lowest BCUT2D eigenvalue weighted by Crippen LogP contribution is -2.27. The summed E-state index contributed by atoms with van der Waals surface area (Å²) in [7, 11) is 0. The molecular weight excluding hydrogens is 204 g/mol. The second kappa shape index (κ2) is 4.68. The molecule has 0 fully saturated rings. The molecule has 0 N–H and O–H groups in total. The average molecular weight is 224 g/mol. The Kier molecular flexibility index (Phi) is 3.73. The van der Waals surface area contributed by atoms with Gasteiger partial charge in [0, 0.05) is 12.7 Å². The highest BCUT2D eigenvalue weighted by Gasteiger charge is 2.24. The molecule has 1 aromatic heterocycles. The molecule has 16 heavy (non-hydrogen) atoms. The summed E-state index contributed by atoms with van der Waals surface area (Å²) in [5.41, 5.74) is 0.458. The van der Waals surface area contributed by atoms with Crippen LogP contribution in [0.3, 0.4) is 0 Å². The highest BCUT2D eigenvalue weighted by molar-refractivity contribution is 5.77. The minimum Gasteiger partial charge on any atom is -0.459 e. The van der Waals surface area contributed by atoms with Crippen LogP contribution < -0.4 is 0 Å². The van der Waals surface area contributed by atoms with E-state index in [0.717, 1.165) is 12.2 Å². The summed E-state index contributed by atoms with van der Waals surface area (Å²) in [6.07, 6.45) is 1.71. The largest absolute Gasteiger partial charge is 0.459 e. The fraction of sp³-hybridized carbons (Fsp3) is 0.667. The van der Waals surface area contributed by atoms with Crippen molar-refractivity contribution in [3.8, 4) is 0 Å². The zero-order valence-corrected chi connectivity index (χ0v) is 10.7. The second-order valence-electron chi connectivity index (χ2n) is 4.83. The van der Waals surface area contributed by atoms with E-state index in [-0.39, 0.29) is 11.9 Å². The number of aryl methyl sites for hydroxylation is 1. The molecule has 0 bridgehead atoms. The quantitative estimate of drug-likeness (QED) is 0.740. The number of carbonyl (C=O) groups excluding carboxylic acids is 1. The number of esters is 1. The van der Waals surface area contributed by atoms with Crippen molar-refractivity contribution in [3.63, 3.8) is 0 Å². The Morgan fingerprint density at radius 3 is 2.69 bits per heavy atom. The molecule has 1 unspecified atom stereocenters. The number of ether oxygens (including phenoxy) is 1. The SMILES string of the molecule is CCn1nccc1C(C)C(=O)OC(C)(C)C. The first-order valence-electron chi connectivity index (χ1n) is 5.59. The van der Waals surface area contributed by atoms with Crippen LogP contribution in [0.2, 0.25) is 0 Å². The van der Waals surface area contributed by atoms with Crippen molar-refractivity contribution in [1.82, 2.24) is 9.78 Å². The Hall–Kier alpha value is -1.32. The van der Waals surface area contributed by atoms with Gasteiger partial charge in [-0.25, -0.2) is 0 Å². The number of carbonyl (C=O) groups is 1. The Labute approximate surface area is 96.6 Å². The molecule has 1 rings (SSSR count). The molecule has 90 valence electrons. The van der Waals surface area contributed by atoms with Crippen LogP contribution in [0.1, 0.15) is 46.2 Å². The van der Waals surface area contributed by atoms with E-state index in [1.165, 1.54) is 0 Å². The Morgan fingerprint density at radius 2 is 2.19 bits per heavy atom. The van der Waals surface area contributed by atoms with Gasteiger partial charge in [0.15, 0.2) is 0 Å². The third kappa shape index (κ3) is 3.08. The van der Waals surface area contributed by atoms with Crippen molar-refractivity contribution in [3.05, 3.63) is 18.0 Å². The molecule has 4 heteroatoms. The highest BCUT2D eigenvalue weighted by Crippen LogP contribution is 2.19. The van der Waals surface area contributed by atoms with Crippen molar-refractivity contribution in [2.24, 2.45) is 0 Å². The lowest BCUT2D eigenvalue weighted by Gasteiger charge is -2.22. The fourth-order valence-corrected chi connectivity index (χ4v) is 1.49. The van der Waals surface area contributed by atoms with Gasteiger partial charge in [0.2, 0.25) is 0 Å². The van der Waals surface area contributed by atoms with E-state index in [0.29, 0.717) is 0 Å². The summed E-state index contributed by atoms with van der Waals surface area (Å²) >= 11 is 0. The van der Waals surface area contributed by atoms with Gasteiger partial charge >= 0.3 is 5.97 Å². The highest BCUT2D eigenvalue weighted by atomic mass is 16.6. The molecule has 0 aliphatic carbocycles. The normalized spacial score (nSPS) is 13.6. The maximum Gasteiger partial charge on any atom is 0.315 e. The van der Waals surface area contributed by atoms with Gasteiger partial charge in [-0.2, -0.15) is 5.10 Å². The van der Waals surface area contributed by atoms with Crippen molar-refractivity contribution in [2.45, 2.75) is 52.7 Å². The standard InChI is InChI=1S/C12H20N2O2/c1-6-14-10(7-8-13-14)9(2)11(15)16-12(3,4)5/h7-9H,6H2,1-5H3. The van der Waals surface area contributed by atoms with Gasteiger partial charge < -0.3 is 4.74 Å². The van der Waals surface area contributed by atoms with Crippen LogP contribution in [0, 0.1) is 0 Å². The van der Waals surface area contributed by atoms with Gasteiger partial charge in [-0.3, -0.25) is 9.48 Å². The first-order chi connectivity index (χ1) is 7.35. The fourth-order valence-electron chi connectivity index (χ4n) is 1.49. The maximum atomic E-state index is 11.9. The van der Waals surface area contributed by atoms with E-state index in [9.17, 15) is 4.79 Å². The number of nitrogens with zero attached hydrogens (tertiary/aromatic N) is 2. The van der Waals surface area contributed by atoms with Gasteiger partial charge in [-0.1, -0.05) is 0 Å². The van der Waals surface area contributed by atoms with Gasteiger partial charge in [-0.05, 0) is 40.7 Å². The van der Waals surface area contributed by atoms with Crippen LogP contribution in [0.4, 0.5) is 0 Å². The Bertz CT molecular complexity index is 363. The number of aromatic nitrogens is 2. The Morgan fingerprint density at radius 1 is 1.56 bits per heavy atom. The zero-order chi connectivity index (χ0) is 12.3. The van der Waals surface area contributed by atoms with E-state index in [2.05, 4.69) is 5.10 Å². The summed E-state index contributed by atoms with van der Waals surface area (Å²) in [6.45, 7) is 10.2. The van der Waals surface area contributed by atoms with E-state index in [4.69, 9.17) is 4.74 Å². The average Bonchev–Trinajstić information content (AvgIpc) is 2.61.